The molecule has 79 heavy (non-hydrogen) atoms. The van der Waals surface area contributed by atoms with Crippen LogP contribution in [0.15, 0.2) is 218 Å². The first-order valence-electron chi connectivity index (χ1n) is 26.3. The molecule has 0 aliphatic rings. The maximum atomic E-state index is 14.5. The first-order chi connectivity index (χ1) is 38.3. The Morgan fingerprint density at radius 3 is 0.962 bits per heavy atom. The average molecular weight is 1080 g/mol. The van der Waals surface area contributed by atoms with Gasteiger partial charge in [-0.3, -0.25) is 0 Å². The third kappa shape index (κ3) is 16.7. The summed E-state index contributed by atoms with van der Waals surface area (Å²) in [7, 11) is -2.58. The van der Waals surface area contributed by atoms with E-state index in [9.17, 15) is 9.59 Å². The topological polar surface area (TPSA) is 117 Å². The summed E-state index contributed by atoms with van der Waals surface area (Å²) in [6.45, 7) is 15.6. The fourth-order valence-corrected chi connectivity index (χ4v) is 9.14. The Labute approximate surface area is 465 Å². The van der Waals surface area contributed by atoms with Gasteiger partial charge >= 0.3 is 11.9 Å². The van der Waals surface area contributed by atoms with Crippen LogP contribution in [0.5, 0.6) is 34.5 Å². The van der Waals surface area contributed by atoms with E-state index in [-0.39, 0.29) is 69.0 Å². The Balaban J connectivity index is 1.05. The minimum atomic E-state index is -2.58. The van der Waals surface area contributed by atoms with Crippen molar-refractivity contribution >= 4 is 20.3 Å². The zero-order chi connectivity index (χ0) is 55.5. The molecule has 1 atom stereocenters. The summed E-state index contributed by atoms with van der Waals surface area (Å²) in [6.07, 6.45) is -0.864. The summed E-state index contributed by atoms with van der Waals surface area (Å²) in [6, 6.07) is 64.8. The zero-order valence-corrected chi connectivity index (χ0v) is 46.6. The lowest BCUT2D eigenvalue weighted by molar-refractivity contribution is 0.0298. The molecule has 0 bridgehead atoms. The number of carbonyl (C=O) groups is 2. The van der Waals surface area contributed by atoms with E-state index in [1.54, 1.807) is 24.3 Å². The first-order valence-corrected chi connectivity index (χ1v) is 29.2. The molecule has 0 aliphatic heterocycles. The molecule has 0 fully saturated rings. The number of esters is 2. The third-order valence-electron chi connectivity index (χ3n) is 13.4. The van der Waals surface area contributed by atoms with Gasteiger partial charge in [-0.25, -0.2) is 9.59 Å². The number of carbonyl (C=O) groups excluding carboxylic acids is 2. The number of rotatable bonds is 27. The molecule has 0 saturated carbocycles. The van der Waals surface area contributed by atoms with Crippen molar-refractivity contribution in [1.82, 2.24) is 0 Å². The second-order valence-corrected chi connectivity index (χ2v) is 25.2. The summed E-state index contributed by atoms with van der Waals surface area (Å²) in [5.74, 6) is 0.495. The molecule has 0 N–H and O–H groups in total. The normalized spacial score (nSPS) is 11.7. The summed E-state index contributed by atoms with van der Waals surface area (Å²) in [5, 5.41) is -0.242. The molecule has 0 unspecified atom stereocenters. The Hall–Kier alpha value is -8.58. The molecule has 406 valence electrons. The highest BCUT2D eigenvalue weighted by atomic mass is 28.4. The highest BCUT2D eigenvalue weighted by molar-refractivity contribution is 6.74. The largest absolute Gasteiger partial charge is 0.485 e. The minimum Gasteiger partial charge on any atom is -0.485 e. The quantitative estimate of drug-likeness (QED) is 0.0278. The lowest BCUT2D eigenvalue weighted by atomic mass is 10.1. The van der Waals surface area contributed by atoms with Gasteiger partial charge in [-0.2, -0.15) is 0 Å². The van der Waals surface area contributed by atoms with E-state index in [4.69, 9.17) is 42.3 Å². The van der Waals surface area contributed by atoms with Crippen molar-refractivity contribution in [3.63, 3.8) is 0 Å². The van der Waals surface area contributed by atoms with Crippen LogP contribution in [0.25, 0.3) is 0 Å². The van der Waals surface area contributed by atoms with Gasteiger partial charge in [0, 0.05) is 0 Å². The monoisotopic (exact) mass is 1080 g/mol. The van der Waals surface area contributed by atoms with Crippen molar-refractivity contribution in [2.75, 3.05) is 13.2 Å². The van der Waals surface area contributed by atoms with Crippen LogP contribution in [0, 0.1) is 0 Å². The fourth-order valence-electron chi connectivity index (χ4n) is 7.84. The van der Waals surface area contributed by atoms with E-state index < -0.39 is 26.4 Å². The van der Waals surface area contributed by atoms with Crippen molar-refractivity contribution in [2.45, 2.75) is 84.6 Å². The van der Waals surface area contributed by atoms with Crippen LogP contribution < -0.4 is 28.4 Å². The zero-order valence-electron chi connectivity index (χ0n) is 45.6. The highest BCUT2D eigenvalue weighted by Gasteiger charge is 2.40. The maximum absolute atomic E-state index is 14.5. The van der Waals surface area contributed by atoms with Crippen LogP contribution in [0.2, 0.25) is 18.1 Å². The van der Waals surface area contributed by atoms with Crippen LogP contribution >= 0.6 is 0 Å². The van der Waals surface area contributed by atoms with Crippen LogP contribution in [0.3, 0.4) is 0 Å². The number of ether oxygens (including phenoxy) is 8. The van der Waals surface area contributed by atoms with Crippen molar-refractivity contribution in [3.05, 3.63) is 263 Å². The molecule has 11 nitrogen and oxygen atoms in total. The lowest BCUT2D eigenvalue weighted by Gasteiger charge is -2.39. The van der Waals surface area contributed by atoms with Crippen molar-refractivity contribution < 1.29 is 51.9 Å². The molecule has 8 aromatic carbocycles. The van der Waals surface area contributed by atoms with Gasteiger partial charge in [-0.1, -0.05) is 209 Å². The maximum Gasteiger partial charge on any atom is 0.338 e. The molecule has 0 radical (unpaired) electrons. The van der Waals surface area contributed by atoms with Gasteiger partial charge in [-0.15, -0.1) is 0 Å². The first kappa shape index (κ1) is 56.6. The van der Waals surface area contributed by atoms with Crippen LogP contribution in [0.1, 0.15) is 74.9 Å². The van der Waals surface area contributed by atoms with Crippen molar-refractivity contribution in [3.8, 4) is 34.5 Å². The molecular formula is C67H68O11Si. The highest BCUT2D eigenvalue weighted by Crippen LogP contribution is 2.43. The van der Waals surface area contributed by atoms with E-state index in [2.05, 4.69) is 40.4 Å². The summed E-state index contributed by atoms with van der Waals surface area (Å²) in [5.41, 5.74) is 6.24. The van der Waals surface area contributed by atoms with Gasteiger partial charge in [0.25, 0.3) is 0 Å². The van der Waals surface area contributed by atoms with E-state index >= 15 is 0 Å². The number of hydrogen-bond donors (Lipinski definition) is 0. The molecule has 0 aromatic heterocycles. The molecule has 12 heteroatoms. The average Bonchev–Trinajstić information content (AvgIpc) is 3.48. The molecule has 0 amide bonds. The summed E-state index contributed by atoms with van der Waals surface area (Å²) in [4.78, 5) is 28.8. The molecule has 0 saturated heterocycles. The third-order valence-corrected chi connectivity index (χ3v) is 17.9. The molecule has 8 rings (SSSR count). The molecule has 0 spiro atoms. The second kappa shape index (κ2) is 27.6. The van der Waals surface area contributed by atoms with Crippen LogP contribution in [-0.2, 0) is 53.5 Å². The van der Waals surface area contributed by atoms with E-state index in [1.165, 1.54) is 0 Å². The number of benzene rings is 8. The summed E-state index contributed by atoms with van der Waals surface area (Å²) < 4.78 is 57.8. The second-order valence-electron chi connectivity index (χ2n) is 20.4. The predicted molar refractivity (Wildman–Crippen MR) is 309 cm³/mol. The Morgan fingerprint density at radius 2 is 0.684 bits per heavy atom. The van der Waals surface area contributed by atoms with Gasteiger partial charge < -0.3 is 42.3 Å². The van der Waals surface area contributed by atoms with Gasteiger partial charge in [0.2, 0.25) is 11.5 Å². The Kier molecular flexibility index (Phi) is 19.8. The van der Waals surface area contributed by atoms with Gasteiger partial charge in [-0.05, 0) is 81.4 Å². The number of hydrogen-bond acceptors (Lipinski definition) is 11. The lowest BCUT2D eigenvalue weighted by Crippen LogP contribution is -2.46. The van der Waals surface area contributed by atoms with Crippen molar-refractivity contribution in [2.24, 2.45) is 0 Å². The smallest absolute Gasteiger partial charge is 0.338 e. The predicted octanol–water partition coefficient (Wildman–Crippen LogP) is 15.1. The van der Waals surface area contributed by atoms with Crippen LogP contribution in [-0.4, -0.2) is 39.6 Å². The Morgan fingerprint density at radius 1 is 0.418 bits per heavy atom. The van der Waals surface area contributed by atoms with Crippen molar-refractivity contribution in [1.29, 1.82) is 0 Å². The van der Waals surface area contributed by atoms with E-state index in [0.717, 1.165) is 33.4 Å². The summed E-state index contributed by atoms with van der Waals surface area (Å²) >= 11 is 0. The minimum absolute atomic E-state index is 0.158. The van der Waals surface area contributed by atoms with Crippen LogP contribution in [0.4, 0.5) is 0 Å². The standard InChI is InChI=1S/C67H68O11Si/c1-49(41-76-65(68)56-37-58(70-42-50-25-13-7-14-26-50)63(74-46-54-33-21-11-22-34-54)59(38-56)71-43-51-27-15-8-16-28-51)62(78-79(5,6)67(2,3)4)48-77-66(69)57-39-60(72-44-52-29-17-9-18-30-52)64(75-47-55-35-23-12-24-36-55)61(40-57)73-45-53-31-19-10-20-32-53/h7-40,62H,1,41-48H2,2-6H3/t62-/m0/s1. The molecule has 0 aliphatic carbocycles. The molecule has 8 aromatic rings. The Bertz CT molecular complexity index is 3070. The van der Waals surface area contributed by atoms with Gasteiger partial charge in [0.05, 0.1) is 11.1 Å². The SMILES string of the molecule is C=C(COC(=O)c1cc(OCc2ccccc2)c(OCc2ccccc2)c(OCc2ccccc2)c1)[C@H](COC(=O)c1cc(OCc2ccccc2)c(OCc2ccccc2)c(OCc2ccccc2)c1)O[Si](C)(C)C(C)(C)C. The van der Waals surface area contributed by atoms with Gasteiger partial charge in [0.1, 0.15) is 59.0 Å². The fraction of sp³-hybridized carbons (Fsp3) is 0.224. The van der Waals surface area contributed by atoms with E-state index in [1.807, 2.05) is 182 Å². The van der Waals surface area contributed by atoms with Gasteiger partial charge in [0.15, 0.2) is 31.3 Å². The van der Waals surface area contributed by atoms with E-state index in [0.29, 0.717) is 40.1 Å². The molecular weight excluding hydrogens is 1010 g/mol. The molecule has 0 heterocycles.